The van der Waals surface area contributed by atoms with Crippen molar-refractivity contribution >= 4 is 23.6 Å². The maximum atomic E-state index is 12.8. The SMILES string of the molecule is COC(=O)[C@@H]1CN(C(=O)Cn2nnc(-c3cccc(C(F)(F)F)c3)n2)CCS1. The van der Waals surface area contributed by atoms with E-state index in [2.05, 4.69) is 15.4 Å². The van der Waals surface area contributed by atoms with Gasteiger partial charge in [0, 0.05) is 24.4 Å². The molecule has 0 saturated carbocycles. The van der Waals surface area contributed by atoms with E-state index in [-0.39, 0.29) is 30.4 Å². The lowest BCUT2D eigenvalue weighted by molar-refractivity contribution is -0.141. The van der Waals surface area contributed by atoms with Crippen molar-refractivity contribution in [3.05, 3.63) is 29.8 Å². The van der Waals surface area contributed by atoms with Crippen molar-refractivity contribution in [3.8, 4) is 11.4 Å². The minimum absolute atomic E-state index is 0.0134. The molecule has 150 valence electrons. The van der Waals surface area contributed by atoms with Crippen molar-refractivity contribution in [3.63, 3.8) is 0 Å². The highest BCUT2D eigenvalue weighted by atomic mass is 32.2. The van der Waals surface area contributed by atoms with Crippen molar-refractivity contribution in [1.29, 1.82) is 0 Å². The van der Waals surface area contributed by atoms with Crippen LogP contribution in [0.5, 0.6) is 0 Å². The molecule has 8 nitrogen and oxygen atoms in total. The molecule has 1 aliphatic heterocycles. The number of benzene rings is 1. The van der Waals surface area contributed by atoms with Gasteiger partial charge in [-0.05, 0) is 17.3 Å². The molecule has 0 spiro atoms. The Morgan fingerprint density at radius 2 is 2.14 bits per heavy atom. The van der Waals surface area contributed by atoms with Crippen LogP contribution in [-0.2, 0) is 27.0 Å². The van der Waals surface area contributed by atoms with E-state index >= 15 is 0 Å². The summed E-state index contributed by atoms with van der Waals surface area (Å²) in [6, 6.07) is 4.55. The number of esters is 1. The zero-order valence-electron chi connectivity index (χ0n) is 14.7. The first-order valence-electron chi connectivity index (χ1n) is 8.20. The van der Waals surface area contributed by atoms with Gasteiger partial charge >= 0.3 is 12.1 Å². The molecule has 12 heteroatoms. The molecular formula is C16H16F3N5O3S. The number of nitrogens with zero attached hydrogens (tertiary/aromatic N) is 5. The fourth-order valence-corrected chi connectivity index (χ4v) is 3.76. The van der Waals surface area contributed by atoms with Gasteiger partial charge in [0.2, 0.25) is 11.7 Å². The van der Waals surface area contributed by atoms with Gasteiger partial charge in [0.15, 0.2) is 0 Å². The average Bonchev–Trinajstić information content (AvgIpc) is 3.15. The minimum atomic E-state index is -4.48. The van der Waals surface area contributed by atoms with Gasteiger partial charge in [0.05, 0.1) is 12.7 Å². The number of ether oxygens (including phenoxy) is 1. The maximum absolute atomic E-state index is 12.8. The Bertz CT molecular complexity index is 873. The number of rotatable bonds is 4. The van der Waals surface area contributed by atoms with Crippen LogP contribution in [0, 0.1) is 0 Å². The number of methoxy groups -OCH3 is 1. The Morgan fingerprint density at radius 3 is 2.86 bits per heavy atom. The molecule has 1 fully saturated rings. The molecule has 1 aromatic carbocycles. The Hall–Kier alpha value is -2.63. The van der Waals surface area contributed by atoms with E-state index in [0.717, 1.165) is 16.9 Å². The molecule has 0 unspecified atom stereocenters. The third kappa shape index (κ3) is 4.61. The van der Waals surface area contributed by atoms with Crippen LogP contribution >= 0.6 is 11.8 Å². The lowest BCUT2D eigenvalue weighted by Gasteiger charge is -2.30. The third-order valence-corrected chi connectivity index (χ3v) is 5.22. The predicted molar refractivity (Wildman–Crippen MR) is 93.1 cm³/mol. The van der Waals surface area contributed by atoms with Crippen molar-refractivity contribution in [1.82, 2.24) is 25.1 Å². The highest BCUT2D eigenvalue weighted by Crippen LogP contribution is 2.31. The molecule has 1 atom stereocenters. The molecule has 3 rings (SSSR count). The van der Waals surface area contributed by atoms with Crippen molar-refractivity contribution in [2.75, 3.05) is 26.0 Å². The number of alkyl halides is 3. The molecule has 0 radical (unpaired) electrons. The fourth-order valence-electron chi connectivity index (χ4n) is 2.63. The van der Waals surface area contributed by atoms with Crippen LogP contribution in [0.15, 0.2) is 24.3 Å². The molecule has 2 aromatic rings. The Labute approximate surface area is 162 Å². The highest BCUT2D eigenvalue weighted by molar-refractivity contribution is 8.00. The summed E-state index contributed by atoms with van der Waals surface area (Å²) in [7, 11) is 1.29. The molecule has 0 N–H and O–H groups in total. The molecule has 1 aliphatic rings. The lowest BCUT2D eigenvalue weighted by Crippen LogP contribution is -2.46. The number of hydrogen-bond donors (Lipinski definition) is 0. The zero-order chi connectivity index (χ0) is 20.3. The van der Waals surface area contributed by atoms with Crippen molar-refractivity contribution < 1.29 is 27.5 Å². The van der Waals surface area contributed by atoms with Gasteiger partial charge in [-0.25, -0.2) is 0 Å². The second kappa shape index (κ2) is 8.17. The minimum Gasteiger partial charge on any atom is -0.468 e. The van der Waals surface area contributed by atoms with E-state index in [1.54, 1.807) is 0 Å². The number of amides is 1. The third-order valence-electron chi connectivity index (χ3n) is 4.06. The summed E-state index contributed by atoms with van der Waals surface area (Å²) in [6.45, 7) is 0.446. The van der Waals surface area contributed by atoms with E-state index in [4.69, 9.17) is 4.74 Å². The molecule has 0 aliphatic carbocycles. The van der Waals surface area contributed by atoms with E-state index < -0.39 is 23.0 Å². The normalized spacial score (nSPS) is 17.4. The summed E-state index contributed by atoms with van der Waals surface area (Å²) >= 11 is 1.42. The number of carbonyl (C=O) groups excluding carboxylic acids is 2. The molecule has 1 saturated heterocycles. The summed E-state index contributed by atoms with van der Waals surface area (Å²) in [4.78, 5) is 26.6. The van der Waals surface area contributed by atoms with Crippen LogP contribution < -0.4 is 0 Å². The van der Waals surface area contributed by atoms with Crippen LogP contribution in [0.1, 0.15) is 5.56 Å². The van der Waals surface area contributed by atoms with Gasteiger partial charge in [-0.2, -0.15) is 18.0 Å². The fraction of sp³-hybridized carbons (Fsp3) is 0.438. The van der Waals surface area contributed by atoms with Crippen LogP contribution in [0.2, 0.25) is 0 Å². The largest absolute Gasteiger partial charge is 0.468 e. The monoisotopic (exact) mass is 415 g/mol. The average molecular weight is 415 g/mol. The molecule has 1 aromatic heterocycles. The first-order chi connectivity index (χ1) is 13.3. The van der Waals surface area contributed by atoms with Gasteiger partial charge < -0.3 is 9.64 Å². The van der Waals surface area contributed by atoms with Crippen LogP contribution in [0.3, 0.4) is 0 Å². The van der Waals surface area contributed by atoms with E-state index in [9.17, 15) is 22.8 Å². The van der Waals surface area contributed by atoms with E-state index in [1.807, 2.05) is 0 Å². The maximum Gasteiger partial charge on any atom is 0.416 e. The van der Waals surface area contributed by atoms with Crippen LogP contribution in [0.4, 0.5) is 13.2 Å². The summed E-state index contributed by atoms with van der Waals surface area (Å²) in [5, 5.41) is 11.0. The van der Waals surface area contributed by atoms with Gasteiger partial charge in [-0.15, -0.1) is 22.0 Å². The number of thioether (sulfide) groups is 1. The zero-order valence-corrected chi connectivity index (χ0v) is 15.5. The van der Waals surface area contributed by atoms with Crippen LogP contribution in [0.25, 0.3) is 11.4 Å². The summed E-state index contributed by atoms with van der Waals surface area (Å²) in [6.07, 6.45) is -4.48. The summed E-state index contributed by atoms with van der Waals surface area (Å²) in [5.74, 6) is -0.137. The Balaban J connectivity index is 1.68. The second-order valence-electron chi connectivity index (χ2n) is 5.94. The Morgan fingerprint density at radius 1 is 1.36 bits per heavy atom. The summed E-state index contributed by atoms with van der Waals surface area (Å²) in [5.41, 5.74) is -0.675. The van der Waals surface area contributed by atoms with Crippen molar-refractivity contribution in [2.24, 2.45) is 0 Å². The van der Waals surface area contributed by atoms with Gasteiger partial charge in [-0.3, -0.25) is 9.59 Å². The molecular weight excluding hydrogens is 399 g/mol. The van der Waals surface area contributed by atoms with Gasteiger partial charge in [-0.1, -0.05) is 12.1 Å². The standard InChI is InChI=1S/C16H16F3N5O3S/c1-27-15(26)12-8-23(5-6-28-12)13(25)9-24-21-14(20-22-24)10-3-2-4-11(7-10)16(17,18)19/h2-4,7,12H,5-6,8-9H2,1H3/t12-/m0/s1. The molecule has 1 amide bonds. The molecule has 0 bridgehead atoms. The Kier molecular flexibility index (Phi) is 5.87. The number of aromatic nitrogens is 4. The summed E-state index contributed by atoms with van der Waals surface area (Å²) < 4.78 is 43.2. The molecule has 28 heavy (non-hydrogen) atoms. The number of tetrazole rings is 1. The number of hydrogen-bond acceptors (Lipinski definition) is 7. The highest BCUT2D eigenvalue weighted by Gasteiger charge is 2.31. The molecule has 2 heterocycles. The topological polar surface area (TPSA) is 90.2 Å². The van der Waals surface area contributed by atoms with Gasteiger partial charge in [0.25, 0.3) is 0 Å². The number of carbonyl (C=O) groups is 2. The van der Waals surface area contributed by atoms with Crippen molar-refractivity contribution in [2.45, 2.75) is 18.0 Å². The second-order valence-corrected chi connectivity index (χ2v) is 7.25. The number of halogens is 3. The first kappa shape index (κ1) is 20.1. The quantitative estimate of drug-likeness (QED) is 0.699. The van der Waals surface area contributed by atoms with Crippen LogP contribution in [-0.4, -0.2) is 68.2 Å². The first-order valence-corrected chi connectivity index (χ1v) is 9.25. The van der Waals surface area contributed by atoms with E-state index in [1.165, 1.54) is 35.9 Å². The van der Waals surface area contributed by atoms with Gasteiger partial charge in [0.1, 0.15) is 11.8 Å². The lowest BCUT2D eigenvalue weighted by atomic mass is 10.1. The van der Waals surface area contributed by atoms with E-state index in [0.29, 0.717) is 12.3 Å². The predicted octanol–water partition coefficient (Wildman–Crippen LogP) is 1.48. The smallest absolute Gasteiger partial charge is 0.416 e.